The summed E-state index contributed by atoms with van der Waals surface area (Å²) in [7, 11) is 0. The van der Waals surface area contributed by atoms with Crippen LogP contribution in [0.2, 0.25) is 0 Å². The van der Waals surface area contributed by atoms with E-state index in [1.54, 1.807) is 27.7 Å². The number of ether oxygens (including phenoxy) is 5. The van der Waals surface area contributed by atoms with Crippen molar-refractivity contribution in [2.24, 2.45) is 17.6 Å². The topological polar surface area (TPSA) is 106 Å². The Morgan fingerprint density at radius 3 is 2.32 bits per heavy atom. The molecule has 1 aliphatic heterocycles. The average molecular weight is 528 g/mol. The maximum absolute atomic E-state index is 13.2. The number of hydrogen-bond donors (Lipinski definition) is 1. The van der Waals surface area contributed by atoms with Crippen LogP contribution in [-0.2, 0) is 32.1 Å². The quantitative estimate of drug-likeness (QED) is 0.327. The van der Waals surface area contributed by atoms with Gasteiger partial charge in [-0.2, -0.15) is 0 Å². The zero-order chi connectivity index (χ0) is 27.9. The van der Waals surface area contributed by atoms with Crippen LogP contribution < -0.4 is 19.9 Å². The van der Waals surface area contributed by atoms with Gasteiger partial charge >= 0.3 is 11.9 Å². The van der Waals surface area contributed by atoms with Crippen LogP contribution in [0, 0.1) is 11.8 Å². The van der Waals surface area contributed by atoms with Crippen molar-refractivity contribution >= 4 is 11.9 Å². The Kier molecular flexibility index (Phi) is 9.66. The molecule has 0 aliphatic carbocycles. The van der Waals surface area contributed by atoms with Crippen LogP contribution in [0.25, 0.3) is 0 Å². The van der Waals surface area contributed by atoms with Gasteiger partial charge in [-0.1, -0.05) is 44.2 Å². The molecule has 0 saturated carbocycles. The van der Waals surface area contributed by atoms with Crippen molar-refractivity contribution in [3.05, 3.63) is 53.6 Å². The molecule has 1 heterocycles. The molecule has 2 atom stereocenters. The highest BCUT2D eigenvalue weighted by molar-refractivity contribution is 6.04. The van der Waals surface area contributed by atoms with Gasteiger partial charge in [-0.05, 0) is 75.6 Å². The SMILES string of the molecule is CCOC(=O)[C@@](N)(C[C@H](Cc1cc2c(c(OCc3ccccc3)c1)OCCO2)C(C)C)C(=O)OC(C)(C)C. The molecule has 2 N–H and O–H groups in total. The third-order valence-corrected chi connectivity index (χ3v) is 6.33. The summed E-state index contributed by atoms with van der Waals surface area (Å²) in [5.41, 5.74) is 5.72. The fourth-order valence-corrected chi connectivity index (χ4v) is 4.28. The van der Waals surface area contributed by atoms with Crippen molar-refractivity contribution < 1.29 is 33.3 Å². The fourth-order valence-electron chi connectivity index (χ4n) is 4.28. The Hall–Kier alpha value is -3.26. The average Bonchev–Trinajstić information content (AvgIpc) is 2.86. The van der Waals surface area contributed by atoms with Gasteiger partial charge in [0.1, 0.15) is 25.4 Å². The van der Waals surface area contributed by atoms with E-state index >= 15 is 0 Å². The minimum atomic E-state index is -1.93. The number of esters is 2. The zero-order valence-electron chi connectivity index (χ0n) is 23.4. The lowest BCUT2D eigenvalue weighted by atomic mass is 9.78. The molecule has 0 spiro atoms. The van der Waals surface area contributed by atoms with Crippen LogP contribution in [0.3, 0.4) is 0 Å². The van der Waals surface area contributed by atoms with E-state index in [9.17, 15) is 9.59 Å². The van der Waals surface area contributed by atoms with Crippen molar-refractivity contribution in [3.63, 3.8) is 0 Å². The molecule has 0 fully saturated rings. The van der Waals surface area contributed by atoms with Crippen molar-refractivity contribution in [3.8, 4) is 17.2 Å². The molecule has 0 bridgehead atoms. The Morgan fingerprint density at radius 1 is 1.00 bits per heavy atom. The van der Waals surface area contributed by atoms with Crippen LogP contribution in [-0.4, -0.2) is 42.9 Å². The summed E-state index contributed by atoms with van der Waals surface area (Å²) in [5, 5.41) is 0. The van der Waals surface area contributed by atoms with Crippen LogP contribution in [0.15, 0.2) is 42.5 Å². The Bertz CT molecular complexity index is 1090. The summed E-state index contributed by atoms with van der Waals surface area (Å²) in [4.78, 5) is 26.1. The van der Waals surface area contributed by atoms with Crippen molar-refractivity contribution in [2.75, 3.05) is 19.8 Å². The number of carbonyl (C=O) groups is 2. The number of fused-ring (bicyclic) bond motifs is 1. The molecule has 0 unspecified atom stereocenters. The summed E-state index contributed by atoms with van der Waals surface area (Å²) in [6.45, 7) is 12.3. The molecule has 208 valence electrons. The summed E-state index contributed by atoms with van der Waals surface area (Å²) in [6.07, 6.45) is 0.588. The third-order valence-electron chi connectivity index (χ3n) is 6.33. The second-order valence-corrected chi connectivity index (χ2v) is 11.0. The van der Waals surface area contributed by atoms with Crippen LogP contribution >= 0.6 is 0 Å². The van der Waals surface area contributed by atoms with E-state index in [0.717, 1.165) is 11.1 Å². The molecular weight excluding hydrogens is 486 g/mol. The molecule has 3 rings (SSSR count). The highest BCUT2D eigenvalue weighted by Crippen LogP contribution is 2.42. The fraction of sp³-hybridized carbons (Fsp3) is 0.533. The second kappa shape index (κ2) is 12.5. The van der Waals surface area contributed by atoms with E-state index in [0.29, 0.717) is 43.5 Å². The predicted molar refractivity (Wildman–Crippen MR) is 144 cm³/mol. The van der Waals surface area contributed by atoms with E-state index < -0.39 is 23.1 Å². The normalized spacial score (nSPS) is 15.4. The van der Waals surface area contributed by atoms with Gasteiger partial charge in [0.15, 0.2) is 11.5 Å². The molecular formula is C30H41NO7. The number of nitrogens with two attached hydrogens (primary N) is 1. The van der Waals surface area contributed by atoms with E-state index in [4.69, 9.17) is 29.4 Å². The van der Waals surface area contributed by atoms with Crippen LogP contribution in [0.1, 0.15) is 59.1 Å². The van der Waals surface area contributed by atoms with E-state index in [1.165, 1.54) is 0 Å². The van der Waals surface area contributed by atoms with E-state index in [2.05, 4.69) is 0 Å². The predicted octanol–water partition coefficient (Wildman–Crippen LogP) is 4.84. The first-order valence-electron chi connectivity index (χ1n) is 13.2. The third kappa shape index (κ3) is 7.63. The van der Waals surface area contributed by atoms with Gasteiger partial charge in [0, 0.05) is 0 Å². The molecule has 8 heteroatoms. The molecule has 38 heavy (non-hydrogen) atoms. The van der Waals surface area contributed by atoms with Crippen LogP contribution in [0.4, 0.5) is 0 Å². The van der Waals surface area contributed by atoms with Crippen LogP contribution in [0.5, 0.6) is 17.2 Å². The lowest BCUT2D eigenvalue weighted by Crippen LogP contribution is -2.59. The molecule has 2 aromatic carbocycles. The molecule has 0 aromatic heterocycles. The summed E-state index contributed by atoms with van der Waals surface area (Å²) in [5.74, 6) is 0.136. The molecule has 0 radical (unpaired) electrons. The van der Waals surface area contributed by atoms with E-state index in [-0.39, 0.29) is 24.9 Å². The molecule has 8 nitrogen and oxygen atoms in total. The van der Waals surface area contributed by atoms with Crippen molar-refractivity contribution in [2.45, 2.75) is 72.1 Å². The molecule has 0 amide bonds. The van der Waals surface area contributed by atoms with Gasteiger partial charge in [-0.25, -0.2) is 9.59 Å². The number of benzene rings is 2. The first-order chi connectivity index (χ1) is 17.9. The maximum atomic E-state index is 13.2. The lowest BCUT2D eigenvalue weighted by molar-refractivity contribution is -0.172. The molecule has 1 aliphatic rings. The minimum Gasteiger partial charge on any atom is -0.486 e. The standard InChI is InChI=1S/C30H41NO7/c1-7-34-27(32)30(31,28(33)38-29(4,5)6)18-23(20(2)3)15-22-16-24-26(36-14-13-35-24)25(17-22)37-19-21-11-9-8-10-12-21/h8-12,16-17,20,23H,7,13-15,18-19,31H2,1-6H3/t23-,30-/m0/s1. The van der Waals surface area contributed by atoms with E-state index in [1.807, 2.05) is 56.3 Å². The summed E-state index contributed by atoms with van der Waals surface area (Å²) < 4.78 is 28.7. The van der Waals surface area contributed by atoms with Gasteiger partial charge in [0.25, 0.3) is 0 Å². The maximum Gasteiger partial charge on any atom is 0.338 e. The number of hydrogen-bond acceptors (Lipinski definition) is 8. The van der Waals surface area contributed by atoms with Gasteiger partial charge in [0.2, 0.25) is 11.3 Å². The lowest BCUT2D eigenvalue weighted by Gasteiger charge is -2.33. The Labute approximate surface area is 225 Å². The smallest absolute Gasteiger partial charge is 0.338 e. The first kappa shape index (κ1) is 29.3. The second-order valence-electron chi connectivity index (χ2n) is 11.0. The highest BCUT2D eigenvalue weighted by Gasteiger charge is 2.48. The van der Waals surface area contributed by atoms with Gasteiger partial charge in [0.05, 0.1) is 6.61 Å². The largest absolute Gasteiger partial charge is 0.486 e. The van der Waals surface area contributed by atoms with Crippen molar-refractivity contribution in [1.29, 1.82) is 0 Å². The molecule has 2 aromatic rings. The Balaban J connectivity index is 1.89. The van der Waals surface area contributed by atoms with Gasteiger partial charge in [-0.3, -0.25) is 0 Å². The monoisotopic (exact) mass is 527 g/mol. The first-order valence-corrected chi connectivity index (χ1v) is 13.2. The summed E-state index contributed by atoms with van der Waals surface area (Å²) >= 11 is 0. The van der Waals surface area contributed by atoms with Gasteiger partial charge in [-0.15, -0.1) is 0 Å². The zero-order valence-corrected chi connectivity index (χ0v) is 23.4. The van der Waals surface area contributed by atoms with Crippen molar-refractivity contribution in [1.82, 2.24) is 0 Å². The number of carbonyl (C=O) groups excluding carboxylic acids is 2. The summed E-state index contributed by atoms with van der Waals surface area (Å²) in [6, 6.07) is 13.7. The number of rotatable bonds is 11. The minimum absolute atomic E-state index is 0.0626. The molecule has 0 saturated heterocycles. The van der Waals surface area contributed by atoms with Gasteiger partial charge < -0.3 is 29.4 Å². The highest BCUT2D eigenvalue weighted by atomic mass is 16.6. The Morgan fingerprint density at radius 2 is 1.68 bits per heavy atom.